The molecule has 0 spiro atoms. The molecule has 0 radical (unpaired) electrons. The third kappa shape index (κ3) is 3.90. The number of halogens is 2. The molecular formula is C14H16BrFN4. The number of rotatable bonds is 6. The Morgan fingerprint density at radius 3 is 2.80 bits per heavy atom. The molecule has 2 aromatic rings. The average Bonchev–Trinajstić information content (AvgIpc) is 2.46. The smallest absolute Gasteiger partial charge is 0.224 e. The van der Waals surface area contributed by atoms with Gasteiger partial charge in [-0.3, -0.25) is 0 Å². The maximum Gasteiger partial charge on any atom is 0.224 e. The molecule has 1 aromatic carbocycles. The standard InChI is InChI=1S/C14H16BrFN4/c1-2-7-17-14-19-9-12(16)13(20-14)18-8-10-5-3-4-6-11(10)15/h3-6,9H,2,7-8H2,1H3,(H2,17,18,19,20). The molecule has 0 saturated heterocycles. The summed E-state index contributed by atoms with van der Waals surface area (Å²) in [5.41, 5.74) is 1.04. The van der Waals surface area contributed by atoms with Crippen molar-refractivity contribution >= 4 is 27.7 Å². The Morgan fingerprint density at radius 2 is 2.05 bits per heavy atom. The average molecular weight is 339 g/mol. The Balaban J connectivity index is 2.07. The van der Waals surface area contributed by atoms with Gasteiger partial charge >= 0.3 is 0 Å². The molecule has 6 heteroatoms. The van der Waals surface area contributed by atoms with Gasteiger partial charge in [0.05, 0.1) is 6.20 Å². The minimum Gasteiger partial charge on any atom is -0.363 e. The lowest BCUT2D eigenvalue weighted by Gasteiger charge is -2.10. The molecule has 2 N–H and O–H groups in total. The van der Waals surface area contributed by atoms with E-state index >= 15 is 0 Å². The van der Waals surface area contributed by atoms with E-state index in [1.807, 2.05) is 31.2 Å². The zero-order valence-corrected chi connectivity index (χ0v) is 12.7. The lowest BCUT2D eigenvalue weighted by molar-refractivity contribution is 0.617. The lowest BCUT2D eigenvalue weighted by atomic mass is 10.2. The van der Waals surface area contributed by atoms with Gasteiger partial charge in [-0.25, -0.2) is 9.37 Å². The molecule has 0 aliphatic rings. The summed E-state index contributed by atoms with van der Waals surface area (Å²) in [6.45, 7) is 3.29. The quantitative estimate of drug-likeness (QED) is 0.840. The van der Waals surface area contributed by atoms with Crippen LogP contribution >= 0.6 is 15.9 Å². The van der Waals surface area contributed by atoms with Gasteiger partial charge in [-0.2, -0.15) is 4.98 Å². The van der Waals surface area contributed by atoms with Gasteiger partial charge in [0.25, 0.3) is 0 Å². The highest BCUT2D eigenvalue weighted by Crippen LogP contribution is 2.18. The second-order valence-corrected chi connectivity index (χ2v) is 5.12. The minimum atomic E-state index is -0.459. The number of hydrogen-bond acceptors (Lipinski definition) is 4. The van der Waals surface area contributed by atoms with Crippen LogP contribution in [0.1, 0.15) is 18.9 Å². The Labute approximate surface area is 126 Å². The molecule has 0 amide bonds. The Hall–Kier alpha value is -1.69. The molecule has 0 aliphatic heterocycles. The first-order chi connectivity index (χ1) is 9.70. The van der Waals surface area contributed by atoms with E-state index in [2.05, 4.69) is 36.5 Å². The van der Waals surface area contributed by atoms with Crippen LogP contribution in [0.2, 0.25) is 0 Å². The van der Waals surface area contributed by atoms with Crippen LogP contribution in [0.4, 0.5) is 16.2 Å². The molecule has 1 heterocycles. The summed E-state index contributed by atoms with van der Waals surface area (Å²) in [5.74, 6) is 0.177. The summed E-state index contributed by atoms with van der Waals surface area (Å²) < 4.78 is 14.6. The summed E-state index contributed by atoms with van der Waals surface area (Å²) in [6.07, 6.45) is 2.13. The monoisotopic (exact) mass is 338 g/mol. The van der Waals surface area contributed by atoms with Crippen molar-refractivity contribution in [3.63, 3.8) is 0 Å². The Morgan fingerprint density at radius 1 is 1.25 bits per heavy atom. The van der Waals surface area contributed by atoms with E-state index in [1.165, 1.54) is 6.20 Å². The van der Waals surface area contributed by atoms with E-state index in [1.54, 1.807) is 0 Å². The fraction of sp³-hybridized carbons (Fsp3) is 0.286. The number of benzene rings is 1. The summed E-state index contributed by atoms with van der Waals surface area (Å²) in [6, 6.07) is 7.78. The van der Waals surface area contributed by atoms with E-state index in [9.17, 15) is 4.39 Å². The van der Waals surface area contributed by atoms with Crippen molar-refractivity contribution in [3.05, 3.63) is 46.3 Å². The van der Waals surface area contributed by atoms with Gasteiger partial charge < -0.3 is 10.6 Å². The molecule has 106 valence electrons. The number of nitrogens with zero attached hydrogens (tertiary/aromatic N) is 2. The van der Waals surface area contributed by atoms with Gasteiger partial charge in [0.15, 0.2) is 11.6 Å². The predicted molar refractivity (Wildman–Crippen MR) is 82.2 cm³/mol. The molecule has 0 saturated carbocycles. The molecule has 4 nitrogen and oxygen atoms in total. The molecule has 0 aliphatic carbocycles. The second-order valence-electron chi connectivity index (χ2n) is 4.26. The third-order valence-corrected chi connectivity index (χ3v) is 3.45. The summed E-state index contributed by atoms with van der Waals surface area (Å²) in [5, 5.41) is 6.02. The summed E-state index contributed by atoms with van der Waals surface area (Å²) >= 11 is 3.46. The van der Waals surface area contributed by atoms with Crippen LogP contribution in [-0.2, 0) is 6.54 Å². The lowest BCUT2D eigenvalue weighted by Crippen LogP contribution is -2.09. The number of anilines is 2. The van der Waals surface area contributed by atoms with Crippen LogP contribution < -0.4 is 10.6 Å². The zero-order chi connectivity index (χ0) is 14.4. The van der Waals surface area contributed by atoms with Crippen molar-refractivity contribution in [2.45, 2.75) is 19.9 Å². The van der Waals surface area contributed by atoms with E-state index in [-0.39, 0.29) is 5.82 Å². The first-order valence-electron chi connectivity index (χ1n) is 6.44. The number of aromatic nitrogens is 2. The van der Waals surface area contributed by atoms with Gasteiger partial charge in [-0.15, -0.1) is 0 Å². The topological polar surface area (TPSA) is 49.8 Å². The van der Waals surface area contributed by atoms with E-state index in [0.29, 0.717) is 12.5 Å². The van der Waals surface area contributed by atoms with E-state index in [4.69, 9.17) is 0 Å². The van der Waals surface area contributed by atoms with Gasteiger partial charge in [-0.05, 0) is 18.1 Å². The van der Waals surface area contributed by atoms with Crippen LogP contribution in [-0.4, -0.2) is 16.5 Å². The molecular weight excluding hydrogens is 323 g/mol. The van der Waals surface area contributed by atoms with Gasteiger partial charge in [0.1, 0.15) is 0 Å². The molecule has 0 atom stereocenters. The molecule has 0 unspecified atom stereocenters. The maximum atomic E-state index is 13.7. The molecule has 20 heavy (non-hydrogen) atoms. The number of nitrogens with one attached hydrogen (secondary N) is 2. The molecule has 1 aromatic heterocycles. The van der Waals surface area contributed by atoms with Crippen molar-refractivity contribution < 1.29 is 4.39 Å². The highest BCUT2D eigenvalue weighted by molar-refractivity contribution is 9.10. The minimum absolute atomic E-state index is 0.203. The van der Waals surface area contributed by atoms with Crippen LogP contribution in [0.15, 0.2) is 34.9 Å². The Bertz CT molecular complexity index is 577. The van der Waals surface area contributed by atoms with Crippen LogP contribution in [0.3, 0.4) is 0 Å². The van der Waals surface area contributed by atoms with Crippen LogP contribution in [0.25, 0.3) is 0 Å². The largest absolute Gasteiger partial charge is 0.363 e. The van der Waals surface area contributed by atoms with Crippen molar-refractivity contribution in [2.75, 3.05) is 17.2 Å². The highest BCUT2D eigenvalue weighted by Gasteiger charge is 2.07. The van der Waals surface area contributed by atoms with Crippen molar-refractivity contribution in [2.24, 2.45) is 0 Å². The normalized spacial score (nSPS) is 10.3. The molecule has 0 bridgehead atoms. The third-order valence-electron chi connectivity index (χ3n) is 2.68. The molecule has 2 rings (SSSR count). The van der Waals surface area contributed by atoms with Gasteiger partial charge in [0.2, 0.25) is 5.95 Å². The fourth-order valence-electron chi connectivity index (χ4n) is 1.63. The predicted octanol–water partition coefficient (Wildman–Crippen LogP) is 3.81. The van der Waals surface area contributed by atoms with Crippen LogP contribution in [0, 0.1) is 5.82 Å². The van der Waals surface area contributed by atoms with E-state index < -0.39 is 5.82 Å². The SMILES string of the molecule is CCCNc1ncc(F)c(NCc2ccccc2Br)n1. The number of hydrogen-bond donors (Lipinski definition) is 2. The van der Waals surface area contributed by atoms with Gasteiger partial charge in [-0.1, -0.05) is 41.1 Å². The first-order valence-corrected chi connectivity index (χ1v) is 7.23. The summed E-state index contributed by atoms with van der Waals surface area (Å²) in [7, 11) is 0. The maximum absolute atomic E-state index is 13.7. The van der Waals surface area contributed by atoms with Crippen molar-refractivity contribution in [1.29, 1.82) is 0 Å². The van der Waals surface area contributed by atoms with Crippen molar-refractivity contribution in [3.8, 4) is 0 Å². The Kier molecular flexibility index (Phi) is 5.29. The zero-order valence-electron chi connectivity index (χ0n) is 11.2. The van der Waals surface area contributed by atoms with Gasteiger partial charge in [0, 0.05) is 17.6 Å². The van der Waals surface area contributed by atoms with E-state index in [0.717, 1.165) is 23.0 Å². The van der Waals surface area contributed by atoms with Crippen molar-refractivity contribution in [1.82, 2.24) is 9.97 Å². The first kappa shape index (κ1) is 14.7. The van der Waals surface area contributed by atoms with Crippen LogP contribution in [0.5, 0.6) is 0 Å². The second kappa shape index (κ2) is 7.19. The molecule has 0 fully saturated rings. The highest BCUT2D eigenvalue weighted by atomic mass is 79.9. The fourth-order valence-corrected chi connectivity index (χ4v) is 2.06. The summed E-state index contributed by atoms with van der Waals surface area (Å²) in [4.78, 5) is 8.03.